The van der Waals surface area contributed by atoms with Crippen LogP contribution in [0.4, 0.5) is 5.82 Å². The minimum atomic E-state index is 0.0453. The maximum absolute atomic E-state index is 12.5. The van der Waals surface area contributed by atoms with Gasteiger partial charge in [0.05, 0.1) is 5.92 Å². The van der Waals surface area contributed by atoms with Crippen molar-refractivity contribution < 1.29 is 4.79 Å². The van der Waals surface area contributed by atoms with Crippen molar-refractivity contribution in [2.45, 2.75) is 39.5 Å². The van der Waals surface area contributed by atoms with Crippen LogP contribution in [-0.2, 0) is 4.79 Å². The predicted octanol–water partition coefficient (Wildman–Crippen LogP) is 1.48. The normalized spacial score (nSPS) is 21.2. The summed E-state index contributed by atoms with van der Waals surface area (Å²) >= 11 is 0. The summed E-state index contributed by atoms with van der Waals surface area (Å²) in [7, 11) is 0. The number of aryl methyl sites for hydroxylation is 1. The monoisotopic (exact) mass is 328 g/mol. The molecule has 2 aromatic heterocycles. The molecule has 0 unspecified atom stereocenters. The van der Waals surface area contributed by atoms with Gasteiger partial charge in [0, 0.05) is 30.9 Å². The van der Waals surface area contributed by atoms with Crippen molar-refractivity contribution in [2.75, 3.05) is 24.5 Å². The summed E-state index contributed by atoms with van der Waals surface area (Å²) in [6.45, 7) is 6.57. The highest BCUT2D eigenvalue weighted by Gasteiger charge is 2.30. The minimum absolute atomic E-state index is 0.0453. The first-order chi connectivity index (χ1) is 11.6. The number of piperidine rings is 1. The summed E-state index contributed by atoms with van der Waals surface area (Å²) in [5.41, 5.74) is 2.07. The molecule has 1 atom stereocenters. The molecule has 3 heterocycles. The molecule has 4 rings (SSSR count). The third-order valence-corrected chi connectivity index (χ3v) is 5.23. The maximum atomic E-state index is 12.5. The van der Waals surface area contributed by atoms with Gasteiger partial charge in [-0.1, -0.05) is 0 Å². The zero-order chi connectivity index (χ0) is 16.7. The number of carbonyl (C=O) groups excluding carboxylic acids is 1. The van der Waals surface area contributed by atoms with Crippen molar-refractivity contribution in [3.8, 4) is 0 Å². The lowest BCUT2D eigenvalue weighted by Gasteiger charge is -2.34. The molecule has 2 aliphatic rings. The molecule has 0 radical (unpaired) electrons. The van der Waals surface area contributed by atoms with E-state index in [4.69, 9.17) is 0 Å². The van der Waals surface area contributed by atoms with Gasteiger partial charge in [0.1, 0.15) is 12.1 Å². The lowest BCUT2D eigenvalue weighted by Crippen LogP contribution is -2.44. The Morgan fingerprint density at radius 2 is 2.17 bits per heavy atom. The molecule has 1 saturated heterocycles. The number of nitrogens with zero attached hydrogens (tertiary/aromatic N) is 5. The van der Waals surface area contributed by atoms with E-state index in [9.17, 15) is 4.79 Å². The summed E-state index contributed by atoms with van der Waals surface area (Å²) in [5.74, 6) is 2.60. The van der Waals surface area contributed by atoms with Crippen molar-refractivity contribution in [3.05, 3.63) is 17.6 Å². The van der Waals surface area contributed by atoms with Crippen LogP contribution in [0.3, 0.4) is 0 Å². The largest absolute Gasteiger partial charge is 0.356 e. The van der Waals surface area contributed by atoms with Crippen molar-refractivity contribution in [1.82, 2.24) is 24.9 Å². The summed E-state index contributed by atoms with van der Waals surface area (Å²) in [6, 6.07) is 0. The number of fused-ring (bicyclic) bond motifs is 1. The number of carbonyl (C=O) groups is 1. The molecular weight excluding hydrogens is 304 g/mol. The molecule has 24 heavy (non-hydrogen) atoms. The second kappa shape index (κ2) is 6.03. The fourth-order valence-corrected chi connectivity index (χ4v) is 3.48. The number of hydrogen-bond acceptors (Lipinski definition) is 5. The SMILES string of the molecule is Cc1nc2ncnn2c(N2CCC[C@@H](C(=O)NCC3CC3)C2)c1C. The molecule has 1 aliphatic heterocycles. The Bertz CT molecular complexity index is 766. The molecule has 1 N–H and O–H groups in total. The Balaban J connectivity index is 1.56. The first-order valence-corrected chi connectivity index (χ1v) is 8.83. The van der Waals surface area contributed by atoms with Crippen LogP contribution < -0.4 is 10.2 Å². The molecule has 2 aromatic rings. The van der Waals surface area contributed by atoms with Crippen LogP contribution in [0.15, 0.2) is 6.33 Å². The number of aromatic nitrogens is 4. The van der Waals surface area contributed by atoms with Gasteiger partial charge in [0.15, 0.2) is 0 Å². The zero-order valence-corrected chi connectivity index (χ0v) is 14.3. The van der Waals surface area contributed by atoms with Gasteiger partial charge in [0.2, 0.25) is 5.91 Å². The molecule has 2 fully saturated rings. The Hall–Kier alpha value is -2.18. The fraction of sp³-hybridized carbons (Fsp3) is 0.647. The van der Waals surface area contributed by atoms with E-state index in [1.807, 2.05) is 6.92 Å². The lowest BCUT2D eigenvalue weighted by molar-refractivity contribution is -0.125. The third kappa shape index (κ3) is 2.83. The second-order valence-electron chi connectivity index (χ2n) is 7.09. The van der Waals surface area contributed by atoms with E-state index in [1.165, 1.54) is 19.2 Å². The van der Waals surface area contributed by atoms with Gasteiger partial charge in [0.25, 0.3) is 5.78 Å². The van der Waals surface area contributed by atoms with Crippen LogP contribution in [0.25, 0.3) is 5.78 Å². The number of nitrogens with one attached hydrogen (secondary N) is 1. The molecule has 1 saturated carbocycles. The van der Waals surface area contributed by atoms with Crippen molar-refractivity contribution in [1.29, 1.82) is 0 Å². The number of hydrogen-bond donors (Lipinski definition) is 1. The molecule has 128 valence electrons. The smallest absolute Gasteiger partial charge is 0.254 e. The summed E-state index contributed by atoms with van der Waals surface area (Å²) in [6.07, 6.45) is 6.03. The van der Waals surface area contributed by atoms with Crippen LogP contribution in [0.5, 0.6) is 0 Å². The zero-order valence-electron chi connectivity index (χ0n) is 14.3. The Labute approximate surface area is 141 Å². The van der Waals surface area contributed by atoms with E-state index in [1.54, 1.807) is 4.52 Å². The fourth-order valence-electron chi connectivity index (χ4n) is 3.48. The molecular formula is C17H24N6O. The number of rotatable bonds is 4. The lowest BCUT2D eigenvalue weighted by atomic mass is 9.96. The van der Waals surface area contributed by atoms with Gasteiger partial charge >= 0.3 is 0 Å². The average Bonchev–Trinajstić information content (AvgIpc) is 3.31. The molecule has 0 spiro atoms. The van der Waals surface area contributed by atoms with E-state index in [0.717, 1.165) is 49.6 Å². The number of amides is 1. The summed E-state index contributed by atoms with van der Waals surface area (Å²) in [5, 5.41) is 7.47. The Morgan fingerprint density at radius 1 is 1.33 bits per heavy atom. The van der Waals surface area contributed by atoms with Gasteiger partial charge in [-0.05, 0) is 45.4 Å². The van der Waals surface area contributed by atoms with Crippen LogP contribution in [0.1, 0.15) is 36.9 Å². The highest BCUT2D eigenvalue weighted by atomic mass is 16.1. The maximum Gasteiger partial charge on any atom is 0.254 e. The topological polar surface area (TPSA) is 75.4 Å². The van der Waals surface area contributed by atoms with Crippen LogP contribution in [-0.4, -0.2) is 45.1 Å². The van der Waals surface area contributed by atoms with E-state index in [2.05, 4.69) is 32.2 Å². The quantitative estimate of drug-likeness (QED) is 0.920. The van der Waals surface area contributed by atoms with Crippen LogP contribution in [0.2, 0.25) is 0 Å². The molecule has 7 heteroatoms. The molecule has 0 bridgehead atoms. The molecule has 1 amide bonds. The van der Waals surface area contributed by atoms with E-state index >= 15 is 0 Å². The van der Waals surface area contributed by atoms with Gasteiger partial charge in [-0.15, -0.1) is 0 Å². The van der Waals surface area contributed by atoms with Gasteiger partial charge in [-0.2, -0.15) is 14.6 Å². The van der Waals surface area contributed by atoms with Crippen LogP contribution in [0, 0.1) is 25.7 Å². The second-order valence-corrected chi connectivity index (χ2v) is 7.09. The first-order valence-electron chi connectivity index (χ1n) is 8.83. The van der Waals surface area contributed by atoms with Gasteiger partial charge < -0.3 is 10.2 Å². The van der Waals surface area contributed by atoms with Gasteiger partial charge in [-0.3, -0.25) is 4.79 Å². The first kappa shape index (κ1) is 15.4. The number of anilines is 1. The predicted molar refractivity (Wildman–Crippen MR) is 90.9 cm³/mol. The minimum Gasteiger partial charge on any atom is -0.356 e. The Kier molecular flexibility index (Phi) is 3.86. The van der Waals surface area contributed by atoms with E-state index < -0.39 is 0 Å². The highest BCUT2D eigenvalue weighted by molar-refractivity contribution is 5.79. The van der Waals surface area contributed by atoms with Crippen LogP contribution >= 0.6 is 0 Å². The standard InChI is InChI=1S/C17H24N6O/c1-11-12(2)21-17-19-10-20-23(17)16(11)22-7-3-4-14(9-22)15(24)18-8-13-5-6-13/h10,13-14H,3-9H2,1-2H3,(H,18,24)/t14-/m1/s1. The van der Waals surface area contributed by atoms with Crippen molar-refractivity contribution >= 4 is 17.5 Å². The average molecular weight is 328 g/mol. The molecule has 1 aliphatic carbocycles. The van der Waals surface area contributed by atoms with Crippen molar-refractivity contribution in [2.24, 2.45) is 11.8 Å². The van der Waals surface area contributed by atoms with E-state index in [-0.39, 0.29) is 11.8 Å². The third-order valence-electron chi connectivity index (χ3n) is 5.23. The van der Waals surface area contributed by atoms with E-state index in [0.29, 0.717) is 11.7 Å². The Morgan fingerprint density at radius 3 is 2.96 bits per heavy atom. The summed E-state index contributed by atoms with van der Waals surface area (Å²) < 4.78 is 1.80. The van der Waals surface area contributed by atoms with Gasteiger partial charge in [-0.25, -0.2) is 4.98 Å². The highest BCUT2D eigenvalue weighted by Crippen LogP contribution is 2.29. The van der Waals surface area contributed by atoms with Crippen molar-refractivity contribution in [3.63, 3.8) is 0 Å². The molecule has 7 nitrogen and oxygen atoms in total. The summed E-state index contributed by atoms with van der Waals surface area (Å²) in [4.78, 5) is 23.5. The molecule has 0 aromatic carbocycles.